The van der Waals surface area contributed by atoms with E-state index in [4.69, 9.17) is 33.4 Å². The molecule has 114 valence electrons. The Morgan fingerprint density at radius 3 is 2.30 bits per heavy atom. The van der Waals surface area contributed by atoms with Crippen LogP contribution in [0.1, 0.15) is 38.8 Å². The molecule has 1 aromatic rings. The molecule has 0 unspecified atom stereocenters. The van der Waals surface area contributed by atoms with Crippen LogP contribution >= 0.6 is 23.2 Å². The molecular formula is C15H25Cl2NOSi. The van der Waals surface area contributed by atoms with Gasteiger partial charge < -0.3 is 10.2 Å². The molecule has 0 saturated heterocycles. The summed E-state index contributed by atoms with van der Waals surface area (Å²) >= 11 is 11.9. The molecule has 0 aliphatic heterocycles. The highest BCUT2D eigenvalue weighted by atomic mass is 35.5. The lowest BCUT2D eigenvalue weighted by atomic mass is 10.1. The molecule has 0 aromatic heterocycles. The molecule has 0 bridgehead atoms. The average molecular weight is 334 g/mol. The standard InChI is InChI=1S/C15H25Cl2NOSi/c1-15(2,3)20(4,5)19-9-8-14(18)11-6-7-12(16)13(17)10-11/h6-7,10,14H,8-9,18H2,1-5H3/t14-/m1/s1. The molecule has 5 heteroatoms. The molecule has 0 saturated carbocycles. The van der Waals surface area contributed by atoms with Crippen LogP contribution in [0, 0.1) is 0 Å². The third-order valence-electron chi connectivity index (χ3n) is 4.07. The van der Waals surface area contributed by atoms with Crippen LogP contribution in [0.25, 0.3) is 0 Å². The van der Waals surface area contributed by atoms with E-state index in [0.29, 0.717) is 16.7 Å². The minimum Gasteiger partial charge on any atom is -0.417 e. The van der Waals surface area contributed by atoms with Crippen molar-refractivity contribution in [3.8, 4) is 0 Å². The van der Waals surface area contributed by atoms with Crippen molar-refractivity contribution in [3.05, 3.63) is 33.8 Å². The highest BCUT2D eigenvalue weighted by Crippen LogP contribution is 2.36. The van der Waals surface area contributed by atoms with Crippen LogP contribution in [0.3, 0.4) is 0 Å². The second kappa shape index (κ2) is 6.80. The van der Waals surface area contributed by atoms with Gasteiger partial charge in [-0.15, -0.1) is 0 Å². The molecule has 0 aliphatic carbocycles. The quantitative estimate of drug-likeness (QED) is 0.731. The maximum atomic E-state index is 6.19. The molecule has 0 fully saturated rings. The molecule has 0 aliphatic rings. The summed E-state index contributed by atoms with van der Waals surface area (Å²) in [7, 11) is -1.70. The van der Waals surface area contributed by atoms with Crippen LogP contribution in [-0.2, 0) is 4.43 Å². The minimum atomic E-state index is -1.70. The number of benzene rings is 1. The van der Waals surface area contributed by atoms with Crippen LogP contribution in [0.4, 0.5) is 0 Å². The van der Waals surface area contributed by atoms with Crippen molar-refractivity contribution in [2.75, 3.05) is 6.61 Å². The van der Waals surface area contributed by atoms with E-state index in [1.165, 1.54) is 0 Å². The van der Waals surface area contributed by atoms with Crippen LogP contribution in [0.5, 0.6) is 0 Å². The van der Waals surface area contributed by atoms with E-state index in [0.717, 1.165) is 12.0 Å². The lowest BCUT2D eigenvalue weighted by Crippen LogP contribution is -2.41. The van der Waals surface area contributed by atoms with Crippen molar-refractivity contribution >= 4 is 31.5 Å². The van der Waals surface area contributed by atoms with Gasteiger partial charge in [0.2, 0.25) is 0 Å². The zero-order valence-electron chi connectivity index (χ0n) is 13.0. The number of nitrogens with two attached hydrogens (primary N) is 1. The summed E-state index contributed by atoms with van der Waals surface area (Å²) < 4.78 is 6.14. The van der Waals surface area contributed by atoms with E-state index < -0.39 is 8.32 Å². The summed E-state index contributed by atoms with van der Waals surface area (Å²) in [4.78, 5) is 0. The van der Waals surface area contributed by atoms with Crippen LogP contribution in [0.15, 0.2) is 18.2 Å². The summed E-state index contributed by atoms with van der Waals surface area (Å²) in [6.45, 7) is 11.9. The summed E-state index contributed by atoms with van der Waals surface area (Å²) in [6, 6.07) is 5.47. The zero-order chi connectivity index (χ0) is 15.6. The fourth-order valence-electron chi connectivity index (χ4n) is 1.57. The number of hydrogen-bond acceptors (Lipinski definition) is 2. The molecule has 1 atom stereocenters. The molecule has 2 nitrogen and oxygen atoms in total. The van der Waals surface area contributed by atoms with Gasteiger partial charge in [0.1, 0.15) is 0 Å². The Balaban J connectivity index is 2.56. The first-order chi connectivity index (χ1) is 9.04. The topological polar surface area (TPSA) is 35.2 Å². The SMILES string of the molecule is CC(C)(C)[Si](C)(C)OCC[C@@H](N)c1ccc(Cl)c(Cl)c1. The Morgan fingerprint density at radius 1 is 1.20 bits per heavy atom. The van der Waals surface area contributed by atoms with Crippen molar-refractivity contribution in [3.63, 3.8) is 0 Å². The van der Waals surface area contributed by atoms with Gasteiger partial charge in [-0.2, -0.15) is 0 Å². The maximum Gasteiger partial charge on any atom is 0.191 e. The van der Waals surface area contributed by atoms with Gasteiger partial charge in [-0.05, 0) is 42.2 Å². The van der Waals surface area contributed by atoms with Crippen molar-refractivity contribution in [1.29, 1.82) is 0 Å². The fraction of sp³-hybridized carbons (Fsp3) is 0.600. The molecule has 0 heterocycles. The predicted octanol–water partition coefficient (Wildman–Crippen LogP) is 5.41. The number of halogens is 2. The van der Waals surface area contributed by atoms with Crippen molar-refractivity contribution in [1.82, 2.24) is 0 Å². The van der Waals surface area contributed by atoms with Gasteiger partial charge in [-0.3, -0.25) is 0 Å². The summed E-state index contributed by atoms with van der Waals surface area (Å²) in [6.07, 6.45) is 0.782. The third kappa shape index (κ3) is 4.74. The Morgan fingerprint density at radius 2 is 1.80 bits per heavy atom. The molecule has 20 heavy (non-hydrogen) atoms. The summed E-state index contributed by atoms with van der Waals surface area (Å²) in [5.41, 5.74) is 7.18. The Labute approximate surface area is 133 Å². The Hall–Kier alpha value is -0.0631. The summed E-state index contributed by atoms with van der Waals surface area (Å²) in [5.74, 6) is 0. The van der Waals surface area contributed by atoms with Gasteiger partial charge in [-0.25, -0.2) is 0 Å². The van der Waals surface area contributed by atoms with Gasteiger partial charge in [-0.1, -0.05) is 50.0 Å². The first kappa shape index (κ1) is 18.0. The highest BCUT2D eigenvalue weighted by molar-refractivity contribution is 6.74. The molecule has 0 radical (unpaired) electrons. The Bertz CT molecular complexity index is 458. The second-order valence-corrected chi connectivity index (χ2v) is 12.3. The van der Waals surface area contributed by atoms with Gasteiger partial charge >= 0.3 is 0 Å². The molecule has 1 rings (SSSR count). The molecule has 2 N–H and O–H groups in total. The molecule has 0 amide bonds. The molecule has 1 aromatic carbocycles. The van der Waals surface area contributed by atoms with Gasteiger partial charge in [0.15, 0.2) is 8.32 Å². The van der Waals surface area contributed by atoms with Crippen LogP contribution in [-0.4, -0.2) is 14.9 Å². The van der Waals surface area contributed by atoms with Crippen molar-refractivity contribution in [2.45, 2.75) is 51.4 Å². The van der Waals surface area contributed by atoms with Gasteiger partial charge in [0.05, 0.1) is 10.0 Å². The van der Waals surface area contributed by atoms with Crippen molar-refractivity contribution < 1.29 is 4.43 Å². The van der Waals surface area contributed by atoms with Crippen LogP contribution in [0.2, 0.25) is 28.2 Å². The molecular weight excluding hydrogens is 309 g/mol. The zero-order valence-corrected chi connectivity index (χ0v) is 15.5. The monoisotopic (exact) mass is 333 g/mol. The van der Waals surface area contributed by atoms with E-state index in [1.54, 1.807) is 6.07 Å². The fourth-order valence-corrected chi connectivity index (χ4v) is 2.93. The van der Waals surface area contributed by atoms with Crippen molar-refractivity contribution in [2.24, 2.45) is 5.73 Å². The first-order valence-corrected chi connectivity index (χ1v) is 10.6. The van der Waals surface area contributed by atoms with E-state index in [9.17, 15) is 0 Å². The predicted molar refractivity (Wildman–Crippen MR) is 91.2 cm³/mol. The maximum absolute atomic E-state index is 6.19. The largest absolute Gasteiger partial charge is 0.417 e. The van der Waals surface area contributed by atoms with Crippen LogP contribution < -0.4 is 5.73 Å². The highest BCUT2D eigenvalue weighted by Gasteiger charge is 2.36. The molecule has 0 spiro atoms. The minimum absolute atomic E-state index is 0.0745. The lowest BCUT2D eigenvalue weighted by Gasteiger charge is -2.36. The average Bonchev–Trinajstić information content (AvgIpc) is 2.30. The normalized spacial score (nSPS) is 14.4. The lowest BCUT2D eigenvalue weighted by molar-refractivity contribution is 0.272. The smallest absolute Gasteiger partial charge is 0.191 e. The van der Waals surface area contributed by atoms with E-state index in [-0.39, 0.29) is 11.1 Å². The van der Waals surface area contributed by atoms with Gasteiger partial charge in [0.25, 0.3) is 0 Å². The summed E-state index contributed by atoms with van der Waals surface area (Å²) in [5, 5.41) is 1.32. The van der Waals surface area contributed by atoms with E-state index in [1.807, 2.05) is 12.1 Å². The number of rotatable bonds is 5. The van der Waals surface area contributed by atoms with E-state index in [2.05, 4.69) is 33.9 Å². The second-order valence-electron chi connectivity index (χ2n) is 6.68. The third-order valence-corrected chi connectivity index (χ3v) is 9.35. The first-order valence-electron chi connectivity index (χ1n) is 6.89. The number of hydrogen-bond donors (Lipinski definition) is 1. The van der Waals surface area contributed by atoms with Gasteiger partial charge in [0, 0.05) is 12.6 Å². The van der Waals surface area contributed by atoms with E-state index >= 15 is 0 Å². The Kier molecular flexibility index (Phi) is 6.11.